The molecule has 0 N–H and O–H groups in total. The van der Waals surface area contributed by atoms with E-state index in [-0.39, 0.29) is 5.56 Å². The molecule has 0 spiro atoms. The molecule has 1 aromatic carbocycles. The van der Waals surface area contributed by atoms with Gasteiger partial charge in [-0.2, -0.15) is 18.3 Å². The molecule has 0 aliphatic rings. The predicted molar refractivity (Wildman–Crippen MR) is 68.2 cm³/mol. The fourth-order valence-electron chi connectivity index (χ4n) is 2.19. The average molecular weight is 277 g/mol. The molecule has 0 aliphatic carbocycles. The number of aromatic nitrogens is 3. The standard InChI is InChI=1S/C14H10F3N3/c1-9-18-13-11(6-4-8-20(13)19-9)10-5-2-3-7-12(10)14(15,16)17/h2-8H,1H3. The molecule has 0 saturated carbocycles. The van der Waals surface area contributed by atoms with E-state index in [2.05, 4.69) is 10.1 Å². The van der Waals surface area contributed by atoms with Gasteiger partial charge < -0.3 is 0 Å². The van der Waals surface area contributed by atoms with E-state index in [0.29, 0.717) is 17.0 Å². The Bertz CT molecular complexity index is 775. The van der Waals surface area contributed by atoms with Crippen molar-refractivity contribution < 1.29 is 13.2 Å². The smallest absolute Gasteiger partial charge is 0.220 e. The summed E-state index contributed by atoms with van der Waals surface area (Å²) in [5, 5.41) is 4.12. The second-order valence-corrected chi connectivity index (χ2v) is 4.39. The molecule has 0 saturated heterocycles. The van der Waals surface area contributed by atoms with Crippen LogP contribution in [0.15, 0.2) is 42.6 Å². The first kappa shape index (κ1) is 12.7. The zero-order chi connectivity index (χ0) is 14.3. The van der Waals surface area contributed by atoms with Gasteiger partial charge in [0.2, 0.25) is 0 Å². The van der Waals surface area contributed by atoms with Gasteiger partial charge in [-0.25, -0.2) is 9.50 Å². The fourth-order valence-corrected chi connectivity index (χ4v) is 2.19. The molecule has 0 bridgehead atoms. The van der Waals surface area contributed by atoms with E-state index in [4.69, 9.17) is 0 Å². The Balaban J connectivity index is 2.32. The number of halogens is 3. The first-order valence-corrected chi connectivity index (χ1v) is 5.95. The molecule has 0 amide bonds. The number of hydrogen-bond acceptors (Lipinski definition) is 2. The van der Waals surface area contributed by atoms with Crippen molar-refractivity contribution in [3.63, 3.8) is 0 Å². The van der Waals surface area contributed by atoms with Gasteiger partial charge in [-0.15, -0.1) is 0 Å². The maximum atomic E-state index is 13.1. The molecule has 0 radical (unpaired) electrons. The van der Waals surface area contributed by atoms with Gasteiger partial charge in [0.15, 0.2) is 5.65 Å². The van der Waals surface area contributed by atoms with Crippen molar-refractivity contribution in [2.24, 2.45) is 0 Å². The third kappa shape index (κ3) is 2.03. The topological polar surface area (TPSA) is 30.2 Å². The maximum absolute atomic E-state index is 13.1. The quantitative estimate of drug-likeness (QED) is 0.678. The van der Waals surface area contributed by atoms with E-state index in [1.165, 1.54) is 16.6 Å². The van der Waals surface area contributed by atoms with Gasteiger partial charge in [-0.3, -0.25) is 0 Å². The van der Waals surface area contributed by atoms with Crippen LogP contribution in [0, 0.1) is 6.92 Å². The van der Waals surface area contributed by atoms with Gasteiger partial charge in [0, 0.05) is 11.8 Å². The summed E-state index contributed by atoms with van der Waals surface area (Å²) in [7, 11) is 0. The Morgan fingerprint density at radius 1 is 1.00 bits per heavy atom. The predicted octanol–water partition coefficient (Wildman–Crippen LogP) is 3.72. The lowest BCUT2D eigenvalue weighted by molar-refractivity contribution is -0.137. The Morgan fingerprint density at radius 3 is 2.45 bits per heavy atom. The monoisotopic (exact) mass is 277 g/mol. The molecule has 0 unspecified atom stereocenters. The summed E-state index contributed by atoms with van der Waals surface area (Å²) in [6, 6.07) is 8.75. The van der Waals surface area contributed by atoms with Crippen LogP contribution >= 0.6 is 0 Å². The van der Waals surface area contributed by atoms with E-state index >= 15 is 0 Å². The highest BCUT2D eigenvalue weighted by Crippen LogP contribution is 2.37. The molecule has 3 rings (SSSR count). The van der Waals surface area contributed by atoms with Crippen molar-refractivity contribution in [3.05, 3.63) is 54.0 Å². The molecule has 0 fully saturated rings. The zero-order valence-electron chi connectivity index (χ0n) is 10.5. The summed E-state index contributed by atoms with van der Waals surface area (Å²) in [6.45, 7) is 1.70. The van der Waals surface area contributed by atoms with Crippen molar-refractivity contribution in [2.45, 2.75) is 13.1 Å². The van der Waals surface area contributed by atoms with Crippen LogP contribution in [0.25, 0.3) is 16.8 Å². The zero-order valence-corrected chi connectivity index (χ0v) is 10.5. The first-order chi connectivity index (χ1) is 9.47. The lowest BCUT2D eigenvalue weighted by Crippen LogP contribution is -2.07. The molecule has 0 aliphatic heterocycles. The Hall–Kier alpha value is -2.37. The minimum absolute atomic E-state index is 0.109. The Morgan fingerprint density at radius 2 is 1.70 bits per heavy atom. The fraction of sp³-hybridized carbons (Fsp3) is 0.143. The van der Waals surface area contributed by atoms with Crippen LogP contribution in [0.5, 0.6) is 0 Å². The van der Waals surface area contributed by atoms with Crippen molar-refractivity contribution in [1.29, 1.82) is 0 Å². The first-order valence-electron chi connectivity index (χ1n) is 5.95. The maximum Gasteiger partial charge on any atom is 0.417 e. The second kappa shape index (κ2) is 4.33. The molecular formula is C14H10F3N3. The minimum atomic E-state index is -4.40. The SMILES string of the molecule is Cc1nc2c(-c3ccccc3C(F)(F)F)cccn2n1. The van der Waals surface area contributed by atoms with Crippen LogP contribution in [0.4, 0.5) is 13.2 Å². The highest BCUT2D eigenvalue weighted by Gasteiger charge is 2.33. The van der Waals surface area contributed by atoms with Crippen molar-refractivity contribution in [3.8, 4) is 11.1 Å². The summed E-state index contributed by atoms with van der Waals surface area (Å²) in [5.41, 5.74) is 0.273. The number of fused-ring (bicyclic) bond motifs is 1. The van der Waals surface area contributed by atoms with Gasteiger partial charge in [0.05, 0.1) is 5.56 Å². The largest absolute Gasteiger partial charge is 0.417 e. The lowest BCUT2D eigenvalue weighted by Gasteiger charge is -2.12. The normalized spacial score (nSPS) is 12.0. The Kier molecular flexibility index (Phi) is 2.74. The van der Waals surface area contributed by atoms with Crippen LogP contribution in [-0.2, 0) is 6.18 Å². The molecule has 2 aromatic heterocycles. The van der Waals surface area contributed by atoms with Crippen molar-refractivity contribution in [1.82, 2.24) is 14.6 Å². The summed E-state index contributed by atoms with van der Waals surface area (Å²) in [6.07, 6.45) is -2.74. The minimum Gasteiger partial charge on any atom is -0.220 e. The molecular weight excluding hydrogens is 267 g/mol. The molecule has 20 heavy (non-hydrogen) atoms. The van der Waals surface area contributed by atoms with E-state index in [9.17, 15) is 13.2 Å². The molecule has 102 valence electrons. The number of nitrogens with zero attached hydrogens (tertiary/aromatic N) is 3. The Labute approximate surface area is 112 Å². The number of benzene rings is 1. The van der Waals surface area contributed by atoms with Gasteiger partial charge >= 0.3 is 6.18 Å². The van der Waals surface area contributed by atoms with Gasteiger partial charge in [-0.1, -0.05) is 18.2 Å². The van der Waals surface area contributed by atoms with Crippen molar-refractivity contribution >= 4 is 5.65 Å². The third-order valence-corrected chi connectivity index (χ3v) is 2.99. The van der Waals surface area contributed by atoms with Crippen molar-refractivity contribution in [2.75, 3.05) is 0 Å². The molecule has 3 aromatic rings. The number of alkyl halides is 3. The number of pyridine rings is 1. The molecule has 6 heteroatoms. The van der Waals surface area contributed by atoms with Crippen LogP contribution in [-0.4, -0.2) is 14.6 Å². The summed E-state index contributed by atoms with van der Waals surface area (Å²) < 4.78 is 40.8. The van der Waals surface area contributed by atoms with Crippen LogP contribution in [0.3, 0.4) is 0 Å². The second-order valence-electron chi connectivity index (χ2n) is 4.39. The van der Waals surface area contributed by atoms with Crippen LogP contribution < -0.4 is 0 Å². The number of rotatable bonds is 1. The van der Waals surface area contributed by atoms with Gasteiger partial charge in [0.25, 0.3) is 0 Å². The van der Waals surface area contributed by atoms with E-state index < -0.39 is 11.7 Å². The lowest BCUT2D eigenvalue weighted by atomic mass is 10.0. The molecule has 0 atom stereocenters. The average Bonchev–Trinajstić information content (AvgIpc) is 2.77. The summed E-state index contributed by atoms with van der Waals surface area (Å²) in [4.78, 5) is 4.20. The molecule has 2 heterocycles. The van der Waals surface area contributed by atoms with E-state index in [1.54, 1.807) is 31.3 Å². The van der Waals surface area contributed by atoms with E-state index in [1.807, 2.05) is 0 Å². The highest BCUT2D eigenvalue weighted by molar-refractivity contribution is 5.79. The molecule has 3 nitrogen and oxygen atoms in total. The summed E-state index contributed by atoms with van der Waals surface area (Å²) >= 11 is 0. The van der Waals surface area contributed by atoms with Gasteiger partial charge in [-0.05, 0) is 30.7 Å². The number of aryl methyl sites for hydroxylation is 1. The van der Waals surface area contributed by atoms with E-state index in [0.717, 1.165) is 6.07 Å². The number of hydrogen-bond donors (Lipinski definition) is 0. The van der Waals surface area contributed by atoms with Crippen LogP contribution in [0.1, 0.15) is 11.4 Å². The third-order valence-electron chi connectivity index (χ3n) is 2.99. The van der Waals surface area contributed by atoms with Gasteiger partial charge in [0.1, 0.15) is 5.82 Å². The summed E-state index contributed by atoms with van der Waals surface area (Å²) in [5.74, 6) is 0.516. The highest BCUT2D eigenvalue weighted by atomic mass is 19.4. The van der Waals surface area contributed by atoms with Crippen LogP contribution in [0.2, 0.25) is 0 Å².